The largest absolute Gasteiger partial charge is 0.465 e. The topological polar surface area (TPSA) is 109 Å². The average molecular weight is 451 g/mol. The highest BCUT2D eigenvalue weighted by Crippen LogP contribution is 2.43. The van der Waals surface area contributed by atoms with E-state index < -0.39 is 11.9 Å². The Morgan fingerprint density at radius 3 is 2.66 bits per heavy atom. The van der Waals surface area contributed by atoms with Gasteiger partial charge >= 0.3 is 11.9 Å². The molecule has 3 heterocycles. The first kappa shape index (κ1) is 19.9. The van der Waals surface area contributed by atoms with Gasteiger partial charge in [0.2, 0.25) is 0 Å². The summed E-state index contributed by atoms with van der Waals surface area (Å²) >= 11 is 4.06. The summed E-state index contributed by atoms with van der Waals surface area (Å²) < 4.78 is 11.9. The van der Waals surface area contributed by atoms with E-state index in [1.54, 1.807) is 11.3 Å². The molecular formula is C18H18N4O4S3. The van der Waals surface area contributed by atoms with E-state index in [1.807, 2.05) is 17.5 Å². The second kappa shape index (κ2) is 8.17. The van der Waals surface area contributed by atoms with Crippen molar-refractivity contribution in [2.45, 2.75) is 29.8 Å². The molecule has 2 N–H and O–H groups in total. The van der Waals surface area contributed by atoms with Gasteiger partial charge in [0, 0.05) is 17.4 Å². The zero-order chi connectivity index (χ0) is 20.5. The highest BCUT2D eigenvalue weighted by molar-refractivity contribution is 7.98. The third kappa shape index (κ3) is 3.77. The van der Waals surface area contributed by atoms with Gasteiger partial charge in [-0.2, -0.15) is 0 Å². The molecule has 0 bridgehead atoms. The fraction of sp³-hybridized carbons (Fsp3) is 0.333. The minimum Gasteiger partial charge on any atom is -0.465 e. The van der Waals surface area contributed by atoms with Crippen LogP contribution in [0.3, 0.4) is 0 Å². The van der Waals surface area contributed by atoms with Crippen LogP contribution in [0.4, 0.5) is 5.00 Å². The molecule has 29 heavy (non-hydrogen) atoms. The van der Waals surface area contributed by atoms with Crippen LogP contribution in [0.1, 0.15) is 44.5 Å². The number of aromatic nitrogens is 3. The van der Waals surface area contributed by atoms with Gasteiger partial charge in [0.1, 0.15) is 9.88 Å². The number of hydrogen-bond donors (Lipinski definition) is 1. The van der Waals surface area contributed by atoms with Crippen molar-refractivity contribution < 1.29 is 19.1 Å². The fourth-order valence-electron chi connectivity index (χ4n) is 2.95. The highest BCUT2D eigenvalue weighted by atomic mass is 32.2. The molecule has 0 spiro atoms. The molecule has 1 fully saturated rings. The van der Waals surface area contributed by atoms with Crippen LogP contribution in [0.5, 0.6) is 0 Å². The molecule has 0 amide bonds. The number of carbonyl (C=O) groups is 2. The maximum atomic E-state index is 12.2. The van der Waals surface area contributed by atoms with E-state index >= 15 is 0 Å². The van der Waals surface area contributed by atoms with E-state index in [9.17, 15) is 9.59 Å². The molecule has 3 aromatic rings. The van der Waals surface area contributed by atoms with Crippen molar-refractivity contribution in [1.29, 1.82) is 0 Å². The third-order valence-corrected chi connectivity index (χ3v) is 7.33. The lowest BCUT2D eigenvalue weighted by molar-refractivity contribution is 0.0601. The monoisotopic (exact) mass is 450 g/mol. The van der Waals surface area contributed by atoms with E-state index in [0.29, 0.717) is 22.2 Å². The van der Waals surface area contributed by atoms with E-state index in [4.69, 9.17) is 15.2 Å². The maximum Gasteiger partial charge on any atom is 0.348 e. The molecule has 152 valence electrons. The molecule has 0 unspecified atom stereocenters. The molecular weight excluding hydrogens is 432 g/mol. The molecule has 0 saturated heterocycles. The highest BCUT2D eigenvalue weighted by Gasteiger charge is 2.32. The maximum absolute atomic E-state index is 12.2. The van der Waals surface area contributed by atoms with Gasteiger partial charge in [0.25, 0.3) is 0 Å². The van der Waals surface area contributed by atoms with Gasteiger partial charge in [-0.1, -0.05) is 17.8 Å². The van der Waals surface area contributed by atoms with E-state index in [1.165, 1.54) is 26.0 Å². The summed E-state index contributed by atoms with van der Waals surface area (Å²) in [6.07, 6.45) is 2.16. The Hall–Kier alpha value is -2.37. The van der Waals surface area contributed by atoms with Crippen molar-refractivity contribution in [3.63, 3.8) is 0 Å². The summed E-state index contributed by atoms with van der Waals surface area (Å²) in [4.78, 5) is 25.8. The van der Waals surface area contributed by atoms with Crippen LogP contribution in [0.15, 0.2) is 22.7 Å². The number of carbonyl (C=O) groups excluding carboxylic acids is 2. The summed E-state index contributed by atoms with van der Waals surface area (Å²) in [6, 6.07) is 4.38. The Kier molecular flexibility index (Phi) is 5.61. The van der Waals surface area contributed by atoms with Gasteiger partial charge in [0.15, 0.2) is 11.0 Å². The van der Waals surface area contributed by atoms with Crippen LogP contribution in [0.2, 0.25) is 0 Å². The van der Waals surface area contributed by atoms with Crippen molar-refractivity contribution >= 4 is 51.4 Å². The summed E-state index contributed by atoms with van der Waals surface area (Å²) in [6.45, 7) is 0. The van der Waals surface area contributed by atoms with Crippen LogP contribution >= 0.6 is 34.4 Å². The molecule has 0 radical (unpaired) electrons. The predicted octanol–water partition coefficient (Wildman–Crippen LogP) is 3.85. The number of nitrogens with zero attached hydrogens (tertiary/aromatic N) is 3. The molecule has 3 aromatic heterocycles. The number of thioether (sulfide) groups is 1. The molecule has 0 aromatic carbocycles. The van der Waals surface area contributed by atoms with Gasteiger partial charge in [-0.15, -0.1) is 32.9 Å². The minimum absolute atomic E-state index is 0.210. The van der Waals surface area contributed by atoms with Gasteiger partial charge in [-0.25, -0.2) is 9.59 Å². The SMILES string of the molecule is COC(=O)c1sc(N)c(C(=O)OC)c1CSc1nnc(-c2cccs2)n1C1CC1. The summed E-state index contributed by atoms with van der Waals surface area (Å²) in [5.41, 5.74) is 6.71. The lowest BCUT2D eigenvalue weighted by atomic mass is 10.1. The Morgan fingerprint density at radius 2 is 2.03 bits per heavy atom. The number of rotatable bonds is 7. The molecule has 8 nitrogen and oxygen atoms in total. The Bertz CT molecular complexity index is 1050. The van der Waals surface area contributed by atoms with Gasteiger partial charge in [-0.05, 0) is 24.3 Å². The lowest BCUT2D eigenvalue weighted by Crippen LogP contribution is -2.09. The van der Waals surface area contributed by atoms with Crippen LogP contribution < -0.4 is 5.73 Å². The average Bonchev–Trinajstić information content (AvgIpc) is 3.13. The van der Waals surface area contributed by atoms with E-state index in [-0.39, 0.29) is 10.6 Å². The number of nitrogens with two attached hydrogens (primary N) is 1. The summed E-state index contributed by atoms with van der Waals surface area (Å²) in [7, 11) is 2.58. The normalized spacial score (nSPS) is 13.4. The van der Waals surface area contributed by atoms with Gasteiger partial charge in [-0.3, -0.25) is 4.57 Å². The third-order valence-electron chi connectivity index (χ3n) is 4.46. The molecule has 4 rings (SSSR count). The predicted molar refractivity (Wildman–Crippen MR) is 113 cm³/mol. The van der Waals surface area contributed by atoms with Crippen molar-refractivity contribution in [3.05, 3.63) is 33.5 Å². The van der Waals surface area contributed by atoms with Crippen LogP contribution in [0, 0.1) is 0 Å². The lowest BCUT2D eigenvalue weighted by Gasteiger charge is -2.09. The van der Waals surface area contributed by atoms with E-state index in [0.717, 1.165) is 40.0 Å². The van der Waals surface area contributed by atoms with Crippen LogP contribution in [-0.4, -0.2) is 40.9 Å². The van der Waals surface area contributed by atoms with Crippen molar-refractivity contribution in [2.75, 3.05) is 20.0 Å². The second-order valence-electron chi connectivity index (χ2n) is 6.31. The molecule has 11 heteroatoms. The quantitative estimate of drug-likeness (QED) is 0.427. The smallest absolute Gasteiger partial charge is 0.348 e. The zero-order valence-corrected chi connectivity index (χ0v) is 18.2. The van der Waals surface area contributed by atoms with Crippen LogP contribution in [-0.2, 0) is 15.2 Å². The number of methoxy groups -OCH3 is 2. The molecule has 0 aliphatic heterocycles. The molecule has 1 aliphatic rings. The number of ether oxygens (including phenoxy) is 2. The first-order valence-corrected chi connectivity index (χ1v) is 11.4. The Labute approximate surface area is 179 Å². The van der Waals surface area contributed by atoms with Crippen molar-refractivity contribution in [3.8, 4) is 10.7 Å². The number of esters is 2. The first-order chi connectivity index (χ1) is 14.0. The van der Waals surface area contributed by atoms with Crippen LogP contribution in [0.25, 0.3) is 10.7 Å². The minimum atomic E-state index is -0.576. The number of hydrogen-bond acceptors (Lipinski definition) is 10. The molecule has 1 aliphatic carbocycles. The Morgan fingerprint density at radius 1 is 1.28 bits per heavy atom. The first-order valence-electron chi connectivity index (χ1n) is 8.74. The molecule has 1 saturated carbocycles. The summed E-state index contributed by atoms with van der Waals surface area (Å²) in [5, 5.41) is 11.7. The summed E-state index contributed by atoms with van der Waals surface area (Å²) in [5.74, 6) is 0.0525. The van der Waals surface area contributed by atoms with E-state index in [2.05, 4.69) is 14.8 Å². The number of nitrogen functional groups attached to an aromatic ring is 1. The molecule has 0 atom stereocenters. The number of thiophene rings is 2. The standard InChI is InChI=1S/C18H18N4O4S3/c1-25-16(23)12-10(13(17(24)26-2)29-14(12)19)8-28-18-21-20-15(11-4-3-7-27-11)22(18)9-5-6-9/h3-4,7,9H,5-6,8,19H2,1-2H3. The van der Waals surface area contributed by atoms with Crippen molar-refractivity contribution in [1.82, 2.24) is 14.8 Å². The number of anilines is 1. The fourth-order valence-corrected chi connectivity index (χ4v) is 5.78. The van der Waals surface area contributed by atoms with Crippen molar-refractivity contribution in [2.24, 2.45) is 0 Å². The zero-order valence-electron chi connectivity index (χ0n) is 15.7. The Balaban J connectivity index is 1.68. The van der Waals surface area contributed by atoms with Gasteiger partial charge < -0.3 is 15.2 Å². The van der Waals surface area contributed by atoms with Gasteiger partial charge in [0.05, 0.1) is 24.7 Å². The second-order valence-corrected chi connectivity index (χ2v) is 9.25.